The van der Waals surface area contributed by atoms with Crippen LogP contribution in [0.15, 0.2) is 41.0 Å². The number of ether oxygens (including phenoxy) is 1. The van der Waals surface area contributed by atoms with E-state index in [2.05, 4.69) is 0 Å². The van der Waals surface area contributed by atoms with Gasteiger partial charge >= 0.3 is 0 Å². The van der Waals surface area contributed by atoms with Crippen molar-refractivity contribution in [3.8, 4) is 5.75 Å². The van der Waals surface area contributed by atoms with Crippen molar-refractivity contribution in [3.05, 3.63) is 52.9 Å². The second-order valence-corrected chi connectivity index (χ2v) is 3.74. The fourth-order valence-electron chi connectivity index (χ4n) is 1.48. The first kappa shape index (κ1) is 11.7. The van der Waals surface area contributed by atoms with Crippen LogP contribution in [0.25, 0.3) is 0 Å². The van der Waals surface area contributed by atoms with Crippen LogP contribution < -0.4 is 4.74 Å². The highest BCUT2D eigenvalue weighted by Crippen LogP contribution is 2.21. The Morgan fingerprint density at radius 3 is 2.53 bits per heavy atom. The van der Waals surface area contributed by atoms with Crippen LogP contribution in [0.4, 0.5) is 0 Å². The number of carbonyl (C=O) groups is 1. The van der Waals surface area contributed by atoms with Crippen molar-refractivity contribution in [2.75, 3.05) is 6.61 Å². The number of furan rings is 1. The zero-order chi connectivity index (χ0) is 12.3. The highest BCUT2D eigenvalue weighted by molar-refractivity contribution is 6.33. The molecule has 0 spiro atoms. The summed E-state index contributed by atoms with van der Waals surface area (Å²) in [5.74, 6) is 0.578. The summed E-state index contributed by atoms with van der Waals surface area (Å²) >= 11 is 5.75. The van der Waals surface area contributed by atoms with Gasteiger partial charge in [-0.05, 0) is 48.9 Å². The molecule has 88 valence electrons. The molecular formula is C13H11ClO3. The highest BCUT2D eigenvalue weighted by atomic mass is 35.5. The summed E-state index contributed by atoms with van der Waals surface area (Å²) in [6.07, 6.45) is 1.39. The number of benzene rings is 1. The first-order chi connectivity index (χ1) is 8.22. The number of hydrogen-bond acceptors (Lipinski definition) is 3. The maximum Gasteiger partial charge on any atom is 0.204 e. The highest BCUT2D eigenvalue weighted by Gasteiger charge is 2.14. The molecular weight excluding hydrogens is 240 g/mol. The average Bonchev–Trinajstić information content (AvgIpc) is 2.76. The third kappa shape index (κ3) is 2.50. The normalized spacial score (nSPS) is 10.2. The first-order valence-corrected chi connectivity index (χ1v) is 5.60. The Labute approximate surface area is 104 Å². The molecule has 0 saturated carbocycles. The van der Waals surface area contributed by atoms with Gasteiger partial charge in [0.2, 0.25) is 5.22 Å². The maximum absolute atomic E-state index is 12.0. The quantitative estimate of drug-likeness (QED) is 0.779. The minimum Gasteiger partial charge on any atom is -0.494 e. The van der Waals surface area contributed by atoms with Crippen molar-refractivity contribution in [1.29, 1.82) is 0 Å². The summed E-state index contributed by atoms with van der Waals surface area (Å²) in [6, 6.07) is 8.48. The molecule has 1 heterocycles. The van der Waals surface area contributed by atoms with E-state index in [9.17, 15) is 4.79 Å². The zero-order valence-corrected chi connectivity index (χ0v) is 10.0. The van der Waals surface area contributed by atoms with Crippen LogP contribution in [0.1, 0.15) is 22.8 Å². The van der Waals surface area contributed by atoms with Gasteiger partial charge in [-0.3, -0.25) is 4.79 Å². The summed E-state index contributed by atoms with van der Waals surface area (Å²) in [7, 11) is 0. The van der Waals surface area contributed by atoms with E-state index in [1.165, 1.54) is 6.26 Å². The van der Waals surface area contributed by atoms with Gasteiger partial charge in [-0.2, -0.15) is 0 Å². The number of hydrogen-bond donors (Lipinski definition) is 0. The molecule has 1 aromatic heterocycles. The van der Waals surface area contributed by atoms with E-state index in [4.69, 9.17) is 20.8 Å². The Kier molecular flexibility index (Phi) is 3.49. The smallest absolute Gasteiger partial charge is 0.204 e. The molecule has 0 aliphatic carbocycles. The number of rotatable bonds is 4. The van der Waals surface area contributed by atoms with Crippen LogP contribution in [0.5, 0.6) is 5.75 Å². The van der Waals surface area contributed by atoms with E-state index in [-0.39, 0.29) is 11.0 Å². The van der Waals surface area contributed by atoms with E-state index in [1.54, 1.807) is 30.3 Å². The lowest BCUT2D eigenvalue weighted by Gasteiger charge is -2.03. The van der Waals surface area contributed by atoms with Crippen molar-refractivity contribution in [3.63, 3.8) is 0 Å². The van der Waals surface area contributed by atoms with E-state index in [1.807, 2.05) is 6.92 Å². The molecule has 2 aromatic rings. The van der Waals surface area contributed by atoms with Gasteiger partial charge in [-0.25, -0.2) is 0 Å². The molecule has 0 radical (unpaired) electrons. The monoisotopic (exact) mass is 250 g/mol. The van der Waals surface area contributed by atoms with Gasteiger partial charge in [0.1, 0.15) is 5.75 Å². The lowest BCUT2D eigenvalue weighted by atomic mass is 10.1. The third-order valence-corrected chi connectivity index (χ3v) is 2.58. The fraction of sp³-hybridized carbons (Fsp3) is 0.154. The zero-order valence-electron chi connectivity index (χ0n) is 9.27. The molecule has 1 aromatic carbocycles. The van der Waals surface area contributed by atoms with Crippen molar-refractivity contribution in [2.24, 2.45) is 0 Å². The van der Waals surface area contributed by atoms with Gasteiger partial charge in [-0.1, -0.05) is 0 Å². The van der Waals surface area contributed by atoms with Gasteiger partial charge < -0.3 is 9.15 Å². The van der Waals surface area contributed by atoms with Gasteiger partial charge in [0.05, 0.1) is 18.4 Å². The minimum atomic E-state index is -0.160. The predicted molar refractivity (Wildman–Crippen MR) is 64.8 cm³/mol. The number of carbonyl (C=O) groups excluding carboxylic acids is 1. The van der Waals surface area contributed by atoms with Crippen LogP contribution in [0.2, 0.25) is 5.22 Å². The number of ketones is 1. The van der Waals surface area contributed by atoms with E-state index < -0.39 is 0 Å². The lowest BCUT2D eigenvalue weighted by Crippen LogP contribution is -2.00. The third-order valence-electron chi connectivity index (χ3n) is 2.29. The van der Waals surface area contributed by atoms with E-state index in [0.717, 1.165) is 5.75 Å². The van der Waals surface area contributed by atoms with Crippen molar-refractivity contribution in [2.45, 2.75) is 6.92 Å². The second kappa shape index (κ2) is 5.06. The molecule has 0 N–H and O–H groups in total. The molecule has 3 nitrogen and oxygen atoms in total. The van der Waals surface area contributed by atoms with Crippen LogP contribution in [0, 0.1) is 0 Å². The number of halogens is 1. The van der Waals surface area contributed by atoms with Crippen LogP contribution in [-0.2, 0) is 0 Å². The maximum atomic E-state index is 12.0. The Morgan fingerprint density at radius 2 is 2.00 bits per heavy atom. The Bertz CT molecular complexity index is 514. The standard InChI is InChI=1S/C13H11ClO3/c1-2-16-10-5-3-9(4-6-10)12(15)11-7-8-17-13(11)14/h3-8H,2H2,1H3. The first-order valence-electron chi connectivity index (χ1n) is 5.23. The molecule has 0 amide bonds. The lowest BCUT2D eigenvalue weighted by molar-refractivity contribution is 0.103. The average molecular weight is 251 g/mol. The van der Waals surface area contributed by atoms with E-state index in [0.29, 0.717) is 17.7 Å². The summed E-state index contributed by atoms with van der Waals surface area (Å²) < 4.78 is 10.2. The fourth-order valence-corrected chi connectivity index (χ4v) is 1.68. The van der Waals surface area contributed by atoms with Gasteiger partial charge in [0.25, 0.3) is 0 Å². The molecule has 0 saturated heterocycles. The molecule has 0 aliphatic heterocycles. The van der Waals surface area contributed by atoms with Crippen molar-refractivity contribution >= 4 is 17.4 Å². The largest absolute Gasteiger partial charge is 0.494 e. The van der Waals surface area contributed by atoms with E-state index >= 15 is 0 Å². The predicted octanol–water partition coefficient (Wildman–Crippen LogP) is 3.56. The van der Waals surface area contributed by atoms with Crippen LogP contribution >= 0.6 is 11.6 Å². The minimum absolute atomic E-state index is 0.115. The molecule has 2 rings (SSSR count). The van der Waals surface area contributed by atoms with Gasteiger partial charge in [-0.15, -0.1) is 0 Å². The summed E-state index contributed by atoms with van der Waals surface area (Å²) in [5, 5.41) is 0.115. The molecule has 4 heteroatoms. The topological polar surface area (TPSA) is 39.4 Å². The van der Waals surface area contributed by atoms with Crippen LogP contribution in [0.3, 0.4) is 0 Å². The Balaban J connectivity index is 2.23. The summed E-state index contributed by atoms with van der Waals surface area (Å²) in [6.45, 7) is 2.51. The Morgan fingerprint density at radius 1 is 1.29 bits per heavy atom. The summed E-state index contributed by atoms with van der Waals surface area (Å²) in [5.41, 5.74) is 0.924. The molecule has 0 bridgehead atoms. The van der Waals surface area contributed by atoms with Crippen molar-refractivity contribution < 1.29 is 13.9 Å². The van der Waals surface area contributed by atoms with Crippen molar-refractivity contribution in [1.82, 2.24) is 0 Å². The van der Waals surface area contributed by atoms with Crippen LogP contribution in [-0.4, -0.2) is 12.4 Å². The molecule has 0 unspecified atom stereocenters. The van der Waals surface area contributed by atoms with Gasteiger partial charge in [0, 0.05) is 5.56 Å². The van der Waals surface area contributed by atoms with Gasteiger partial charge in [0.15, 0.2) is 5.78 Å². The Hall–Kier alpha value is -1.74. The molecule has 0 fully saturated rings. The molecule has 0 atom stereocenters. The summed E-state index contributed by atoms with van der Waals surface area (Å²) in [4.78, 5) is 12.0. The molecule has 0 aliphatic rings. The second-order valence-electron chi connectivity index (χ2n) is 3.39. The molecule has 17 heavy (non-hydrogen) atoms. The SMILES string of the molecule is CCOc1ccc(C(=O)c2ccoc2Cl)cc1.